The van der Waals surface area contributed by atoms with Crippen LogP contribution in [0.15, 0.2) is 0 Å². The van der Waals surface area contributed by atoms with Crippen LogP contribution in [-0.2, 0) is 9.53 Å². The molecule has 5 heteroatoms. The Labute approximate surface area is 116 Å². The molecule has 1 aliphatic heterocycles. The zero-order valence-corrected chi connectivity index (χ0v) is 12.2. The second-order valence-corrected chi connectivity index (χ2v) is 5.34. The molecular formula is C14H28N2O3. The Balaban J connectivity index is 2.37. The van der Waals surface area contributed by atoms with Crippen molar-refractivity contribution in [2.45, 2.75) is 38.6 Å². The first-order chi connectivity index (χ1) is 9.19. The molecule has 1 aliphatic rings. The number of hydrogen-bond donors (Lipinski definition) is 2. The minimum absolute atomic E-state index is 0.299. The molecule has 2 unspecified atom stereocenters. The molecule has 0 amide bonds. The molecule has 0 bridgehead atoms. The molecule has 1 saturated heterocycles. The van der Waals surface area contributed by atoms with Gasteiger partial charge in [0.2, 0.25) is 0 Å². The minimum atomic E-state index is -0.671. The molecular weight excluding hydrogens is 244 g/mol. The van der Waals surface area contributed by atoms with E-state index in [1.54, 1.807) is 7.11 Å². The van der Waals surface area contributed by atoms with Crippen LogP contribution in [0.3, 0.4) is 0 Å². The van der Waals surface area contributed by atoms with E-state index in [2.05, 4.69) is 10.2 Å². The van der Waals surface area contributed by atoms with Gasteiger partial charge in [-0.15, -0.1) is 0 Å². The van der Waals surface area contributed by atoms with Crippen molar-refractivity contribution in [2.75, 3.05) is 39.9 Å². The Morgan fingerprint density at radius 2 is 2.37 bits per heavy atom. The van der Waals surface area contributed by atoms with Crippen LogP contribution in [0, 0.1) is 5.92 Å². The summed E-state index contributed by atoms with van der Waals surface area (Å²) < 4.78 is 5.00. The molecule has 0 aliphatic carbocycles. The summed E-state index contributed by atoms with van der Waals surface area (Å²) in [5, 5.41) is 12.7. The van der Waals surface area contributed by atoms with Gasteiger partial charge in [0.25, 0.3) is 0 Å². The lowest BCUT2D eigenvalue weighted by atomic mass is 9.95. The van der Waals surface area contributed by atoms with Crippen LogP contribution in [0.1, 0.15) is 32.6 Å². The third-order valence-corrected chi connectivity index (χ3v) is 3.75. The number of carboxylic acids is 1. The molecule has 0 aromatic heterocycles. The monoisotopic (exact) mass is 272 g/mol. The van der Waals surface area contributed by atoms with Crippen LogP contribution in [0.5, 0.6) is 0 Å². The number of carboxylic acid groups (broad SMARTS) is 1. The maximum Gasteiger partial charge on any atom is 0.320 e. The first-order valence-electron chi connectivity index (χ1n) is 7.35. The maximum absolute atomic E-state index is 11.3. The number of rotatable bonds is 9. The van der Waals surface area contributed by atoms with E-state index in [0.717, 1.165) is 52.0 Å². The number of nitrogens with one attached hydrogen (secondary N) is 1. The van der Waals surface area contributed by atoms with Crippen molar-refractivity contribution in [1.82, 2.24) is 10.2 Å². The van der Waals surface area contributed by atoms with E-state index in [1.165, 1.54) is 6.42 Å². The minimum Gasteiger partial charge on any atom is -0.480 e. The highest BCUT2D eigenvalue weighted by atomic mass is 16.5. The molecule has 112 valence electrons. The summed E-state index contributed by atoms with van der Waals surface area (Å²) in [6.45, 7) is 6.42. The van der Waals surface area contributed by atoms with Crippen molar-refractivity contribution in [3.05, 3.63) is 0 Å². The summed E-state index contributed by atoms with van der Waals surface area (Å²) in [6, 6.07) is -0.299. The van der Waals surface area contributed by atoms with Gasteiger partial charge < -0.3 is 15.2 Å². The third-order valence-electron chi connectivity index (χ3n) is 3.75. The number of nitrogens with zero attached hydrogens (tertiary/aromatic N) is 1. The first-order valence-corrected chi connectivity index (χ1v) is 7.35. The highest BCUT2D eigenvalue weighted by Gasteiger charge is 2.29. The van der Waals surface area contributed by atoms with Crippen molar-refractivity contribution in [1.29, 1.82) is 0 Å². The van der Waals surface area contributed by atoms with Gasteiger partial charge in [-0.25, -0.2) is 0 Å². The quantitative estimate of drug-likeness (QED) is 0.617. The van der Waals surface area contributed by atoms with Crippen LogP contribution in [-0.4, -0.2) is 61.9 Å². The van der Waals surface area contributed by atoms with Crippen LogP contribution in [0.2, 0.25) is 0 Å². The summed E-state index contributed by atoms with van der Waals surface area (Å²) in [6.07, 6.45) is 3.96. The van der Waals surface area contributed by atoms with Crippen molar-refractivity contribution in [2.24, 2.45) is 5.92 Å². The highest BCUT2D eigenvalue weighted by molar-refractivity contribution is 5.73. The predicted molar refractivity (Wildman–Crippen MR) is 75.4 cm³/mol. The van der Waals surface area contributed by atoms with Crippen molar-refractivity contribution in [3.63, 3.8) is 0 Å². The number of likely N-dealkylation sites (tertiary alicyclic amines) is 1. The van der Waals surface area contributed by atoms with Gasteiger partial charge in [0, 0.05) is 20.2 Å². The van der Waals surface area contributed by atoms with Crippen molar-refractivity contribution in [3.8, 4) is 0 Å². The van der Waals surface area contributed by atoms with Gasteiger partial charge in [-0.2, -0.15) is 0 Å². The second-order valence-electron chi connectivity index (χ2n) is 5.34. The Kier molecular flexibility index (Phi) is 8.02. The molecule has 0 radical (unpaired) electrons. The van der Waals surface area contributed by atoms with Crippen LogP contribution < -0.4 is 5.32 Å². The molecule has 19 heavy (non-hydrogen) atoms. The fourth-order valence-electron chi connectivity index (χ4n) is 2.76. The number of ether oxygens (including phenoxy) is 1. The average molecular weight is 272 g/mol. The summed E-state index contributed by atoms with van der Waals surface area (Å²) in [5.41, 5.74) is 0. The van der Waals surface area contributed by atoms with E-state index in [1.807, 2.05) is 6.92 Å². The topological polar surface area (TPSA) is 61.8 Å². The zero-order valence-electron chi connectivity index (χ0n) is 12.2. The summed E-state index contributed by atoms with van der Waals surface area (Å²) in [5.74, 6) is -0.112. The molecule has 1 heterocycles. The van der Waals surface area contributed by atoms with Crippen LogP contribution >= 0.6 is 0 Å². The van der Waals surface area contributed by atoms with Gasteiger partial charge in [-0.3, -0.25) is 9.69 Å². The number of aliphatic carboxylic acids is 1. The highest BCUT2D eigenvalue weighted by Crippen LogP contribution is 2.20. The molecule has 0 aromatic rings. The fraction of sp³-hybridized carbons (Fsp3) is 0.929. The maximum atomic E-state index is 11.3. The van der Waals surface area contributed by atoms with Gasteiger partial charge in [0.15, 0.2) is 0 Å². The number of carbonyl (C=O) groups is 1. The van der Waals surface area contributed by atoms with E-state index in [-0.39, 0.29) is 6.04 Å². The van der Waals surface area contributed by atoms with E-state index in [9.17, 15) is 9.90 Å². The molecule has 1 fully saturated rings. The van der Waals surface area contributed by atoms with Crippen LogP contribution in [0.25, 0.3) is 0 Å². The zero-order chi connectivity index (χ0) is 14.1. The predicted octanol–water partition coefficient (Wildman–Crippen LogP) is 1.19. The van der Waals surface area contributed by atoms with Gasteiger partial charge >= 0.3 is 5.97 Å². The molecule has 0 spiro atoms. The SMILES string of the molecule is CCCC(C(=O)O)N1CCCC(CNCCOC)C1. The lowest BCUT2D eigenvalue weighted by Gasteiger charge is -2.36. The smallest absolute Gasteiger partial charge is 0.320 e. The van der Waals surface area contributed by atoms with Gasteiger partial charge in [0.1, 0.15) is 6.04 Å². The van der Waals surface area contributed by atoms with E-state index in [0.29, 0.717) is 5.92 Å². The molecule has 2 N–H and O–H groups in total. The molecule has 0 saturated carbocycles. The number of methoxy groups -OCH3 is 1. The average Bonchev–Trinajstić information content (AvgIpc) is 2.41. The lowest BCUT2D eigenvalue weighted by molar-refractivity contribution is -0.144. The Morgan fingerprint density at radius 3 is 3.00 bits per heavy atom. The van der Waals surface area contributed by atoms with Gasteiger partial charge in [0.05, 0.1) is 6.61 Å². The van der Waals surface area contributed by atoms with E-state index >= 15 is 0 Å². The summed E-state index contributed by atoms with van der Waals surface area (Å²) >= 11 is 0. The summed E-state index contributed by atoms with van der Waals surface area (Å²) in [7, 11) is 1.70. The number of hydrogen-bond acceptors (Lipinski definition) is 4. The van der Waals surface area contributed by atoms with E-state index in [4.69, 9.17) is 4.74 Å². The van der Waals surface area contributed by atoms with E-state index < -0.39 is 5.97 Å². The van der Waals surface area contributed by atoms with Crippen molar-refractivity contribution < 1.29 is 14.6 Å². The fourth-order valence-corrected chi connectivity index (χ4v) is 2.76. The second kappa shape index (κ2) is 9.28. The normalized spacial score (nSPS) is 22.3. The first kappa shape index (κ1) is 16.4. The summed E-state index contributed by atoms with van der Waals surface area (Å²) in [4.78, 5) is 13.5. The largest absolute Gasteiger partial charge is 0.480 e. The molecule has 2 atom stereocenters. The Morgan fingerprint density at radius 1 is 1.58 bits per heavy atom. The molecule has 5 nitrogen and oxygen atoms in total. The van der Waals surface area contributed by atoms with Crippen molar-refractivity contribution >= 4 is 5.97 Å². The van der Waals surface area contributed by atoms with Gasteiger partial charge in [-0.05, 0) is 38.3 Å². The number of piperidine rings is 1. The molecule has 1 rings (SSSR count). The standard InChI is InChI=1S/C14H28N2O3/c1-3-5-13(14(17)18)16-8-4-6-12(11-16)10-15-7-9-19-2/h12-13,15H,3-11H2,1-2H3,(H,17,18). The van der Waals surface area contributed by atoms with Crippen LogP contribution in [0.4, 0.5) is 0 Å². The molecule has 0 aromatic carbocycles. The third kappa shape index (κ3) is 5.89. The Bertz CT molecular complexity index is 261. The lowest BCUT2D eigenvalue weighted by Crippen LogP contribution is -2.48. The van der Waals surface area contributed by atoms with Gasteiger partial charge in [-0.1, -0.05) is 13.3 Å². The Hall–Kier alpha value is -0.650.